The number of nitrogens with one attached hydrogen (secondary N) is 1. The monoisotopic (exact) mass is 264 g/mol. The van der Waals surface area contributed by atoms with Gasteiger partial charge in [0, 0.05) is 28.6 Å². The molecule has 1 aromatic carbocycles. The molecule has 0 amide bonds. The van der Waals surface area contributed by atoms with Gasteiger partial charge in [-0.05, 0) is 19.1 Å². The van der Waals surface area contributed by atoms with Crippen LogP contribution in [0.3, 0.4) is 0 Å². The van der Waals surface area contributed by atoms with Crippen molar-refractivity contribution in [1.82, 2.24) is 10.3 Å². The first kappa shape index (κ1) is 12.6. The van der Waals surface area contributed by atoms with Gasteiger partial charge in [0.05, 0.1) is 11.2 Å². The van der Waals surface area contributed by atoms with Crippen molar-refractivity contribution in [3.05, 3.63) is 46.4 Å². The number of aryl methyl sites for hydroxylation is 1. The first-order valence-electron chi connectivity index (χ1n) is 5.64. The molecule has 90 valence electrons. The van der Waals surface area contributed by atoms with Gasteiger partial charge in [0.2, 0.25) is 0 Å². The van der Waals surface area contributed by atoms with Crippen LogP contribution in [0, 0.1) is 6.92 Å². The Bertz CT molecular complexity index is 440. The van der Waals surface area contributed by atoms with E-state index in [-0.39, 0.29) is 0 Å². The number of thiazole rings is 1. The predicted molar refractivity (Wildman–Crippen MR) is 75.7 cm³/mol. The zero-order valence-electron chi connectivity index (χ0n) is 9.85. The first-order chi connectivity index (χ1) is 8.36. The van der Waals surface area contributed by atoms with Gasteiger partial charge in [-0.15, -0.1) is 23.1 Å². The summed E-state index contributed by atoms with van der Waals surface area (Å²) in [6, 6.07) is 10.5. The van der Waals surface area contributed by atoms with Crippen LogP contribution in [0.15, 0.2) is 40.7 Å². The fourth-order valence-corrected chi connectivity index (χ4v) is 3.03. The molecule has 1 N–H and O–H groups in total. The molecule has 0 aliphatic heterocycles. The van der Waals surface area contributed by atoms with Crippen LogP contribution in [0.1, 0.15) is 10.6 Å². The van der Waals surface area contributed by atoms with E-state index in [1.807, 2.05) is 17.3 Å². The minimum absolute atomic E-state index is 0.936. The van der Waals surface area contributed by atoms with Crippen LogP contribution < -0.4 is 5.32 Å². The quantitative estimate of drug-likeness (QED) is 0.640. The lowest BCUT2D eigenvalue weighted by molar-refractivity contribution is 0.736. The molecule has 1 aromatic heterocycles. The summed E-state index contributed by atoms with van der Waals surface area (Å²) in [7, 11) is 0. The van der Waals surface area contributed by atoms with Crippen molar-refractivity contribution in [1.29, 1.82) is 0 Å². The van der Waals surface area contributed by atoms with E-state index in [1.165, 1.54) is 9.77 Å². The third-order valence-electron chi connectivity index (χ3n) is 2.42. The van der Waals surface area contributed by atoms with Crippen LogP contribution in [-0.4, -0.2) is 17.3 Å². The van der Waals surface area contributed by atoms with Gasteiger partial charge >= 0.3 is 0 Å². The van der Waals surface area contributed by atoms with Crippen LogP contribution in [-0.2, 0) is 6.54 Å². The summed E-state index contributed by atoms with van der Waals surface area (Å²) in [5.74, 6) is 1.10. The second-order valence-electron chi connectivity index (χ2n) is 3.70. The second-order valence-corrected chi connectivity index (χ2v) is 5.81. The maximum Gasteiger partial charge on any atom is 0.0798 e. The van der Waals surface area contributed by atoms with Crippen molar-refractivity contribution >= 4 is 23.1 Å². The molecule has 0 aliphatic carbocycles. The minimum atomic E-state index is 0.936. The van der Waals surface area contributed by atoms with Crippen LogP contribution >= 0.6 is 23.1 Å². The van der Waals surface area contributed by atoms with Gasteiger partial charge < -0.3 is 5.32 Å². The van der Waals surface area contributed by atoms with E-state index in [0.717, 1.165) is 24.5 Å². The van der Waals surface area contributed by atoms with Crippen molar-refractivity contribution < 1.29 is 0 Å². The molecule has 0 saturated heterocycles. The number of benzene rings is 1. The minimum Gasteiger partial charge on any atom is -0.311 e. The van der Waals surface area contributed by atoms with Crippen molar-refractivity contribution in [3.63, 3.8) is 0 Å². The number of nitrogens with zero attached hydrogens (tertiary/aromatic N) is 1. The number of hydrogen-bond donors (Lipinski definition) is 1. The third kappa shape index (κ3) is 4.15. The van der Waals surface area contributed by atoms with Gasteiger partial charge in [0.25, 0.3) is 0 Å². The lowest BCUT2D eigenvalue weighted by Crippen LogP contribution is -2.16. The van der Waals surface area contributed by atoms with Gasteiger partial charge in [0.15, 0.2) is 0 Å². The van der Waals surface area contributed by atoms with Crippen molar-refractivity contribution in [2.45, 2.75) is 18.4 Å². The van der Waals surface area contributed by atoms with E-state index in [9.17, 15) is 0 Å². The number of thioether (sulfide) groups is 1. The molecule has 1 heterocycles. The van der Waals surface area contributed by atoms with Crippen molar-refractivity contribution in [3.8, 4) is 0 Å². The highest BCUT2D eigenvalue weighted by atomic mass is 32.2. The maximum atomic E-state index is 4.24. The summed E-state index contributed by atoms with van der Waals surface area (Å²) >= 11 is 3.61. The standard InChI is InChI=1S/C13H16N2S2/c1-11-13(17-10-15-11)9-14-7-8-16-12-5-3-2-4-6-12/h2-6,10,14H,7-9H2,1H3. The SMILES string of the molecule is Cc1ncsc1CNCCSc1ccccc1. The highest BCUT2D eigenvalue weighted by molar-refractivity contribution is 7.99. The molecule has 0 bridgehead atoms. The topological polar surface area (TPSA) is 24.9 Å². The number of hydrogen-bond acceptors (Lipinski definition) is 4. The molecule has 4 heteroatoms. The Morgan fingerprint density at radius 2 is 2.12 bits per heavy atom. The Labute approximate surface area is 110 Å². The lowest BCUT2D eigenvalue weighted by Gasteiger charge is -2.03. The number of aromatic nitrogens is 1. The van der Waals surface area contributed by atoms with Crippen molar-refractivity contribution in [2.24, 2.45) is 0 Å². The fraction of sp³-hybridized carbons (Fsp3) is 0.308. The van der Waals surface area contributed by atoms with Crippen molar-refractivity contribution in [2.75, 3.05) is 12.3 Å². The molecule has 0 radical (unpaired) electrons. The molecule has 0 aliphatic rings. The first-order valence-corrected chi connectivity index (χ1v) is 7.50. The van der Waals surface area contributed by atoms with E-state index in [4.69, 9.17) is 0 Å². The molecular formula is C13H16N2S2. The van der Waals surface area contributed by atoms with Gasteiger partial charge in [-0.1, -0.05) is 18.2 Å². The molecular weight excluding hydrogens is 248 g/mol. The molecule has 0 unspecified atom stereocenters. The molecule has 2 nitrogen and oxygen atoms in total. The van der Waals surface area contributed by atoms with E-state index < -0.39 is 0 Å². The van der Waals surface area contributed by atoms with E-state index >= 15 is 0 Å². The van der Waals surface area contributed by atoms with Gasteiger partial charge in [0.1, 0.15) is 0 Å². The molecule has 0 spiro atoms. The zero-order chi connectivity index (χ0) is 11.9. The Hall–Kier alpha value is -0.840. The average molecular weight is 264 g/mol. The van der Waals surface area contributed by atoms with E-state index in [2.05, 4.69) is 47.6 Å². The Morgan fingerprint density at radius 1 is 1.29 bits per heavy atom. The summed E-state index contributed by atoms with van der Waals surface area (Å²) in [5.41, 5.74) is 3.06. The van der Waals surface area contributed by atoms with Gasteiger partial charge in [-0.25, -0.2) is 4.98 Å². The Balaban J connectivity index is 1.63. The van der Waals surface area contributed by atoms with E-state index in [1.54, 1.807) is 11.3 Å². The summed E-state index contributed by atoms with van der Waals surface area (Å²) in [4.78, 5) is 6.92. The second kappa shape index (κ2) is 6.79. The average Bonchev–Trinajstić information content (AvgIpc) is 2.76. The summed E-state index contributed by atoms with van der Waals surface area (Å²) < 4.78 is 0. The summed E-state index contributed by atoms with van der Waals surface area (Å²) in [6.45, 7) is 4.02. The highest BCUT2D eigenvalue weighted by Crippen LogP contribution is 2.16. The molecule has 0 fully saturated rings. The largest absolute Gasteiger partial charge is 0.311 e. The van der Waals surface area contributed by atoms with E-state index in [0.29, 0.717) is 0 Å². The molecule has 17 heavy (non-hydrogen) atoms. The number of rotatable bonds is 6. The molecule has 2 rings (SSSR count). The predicted octanol–water partition coefficient (Wildman–Crippen LogP) is 3.33. The molecule has 0 atom stereocenters. The maximum absolute atomic E-state index is 4.24. The summed E-state index contributed by atoms with van der Waals surface area (Å²) in [5, 5.41) is 3.45. The normalized spacial score (nSPS) is 10.6. The van der Waals surface area contributed by atoms with Crippen LogP contribution in [0.2, 0.25) is 0 Å². The lowest BCUT2D eigenvalue weighted by atomic mass is 10.4. The molecule has 2 aromatic rings. The molecule has 0 saturated carbocycles. The summed E-state index contributed by atoms with van der Waals surface area (Å²) in [6.07, 6.45) is 0. The highest BCUT2D eigenvalue weighted by Gasteiger charge is 1.99. The zero-order valence-corrected chi connectivity index (χ0v) is 11.5. The van der Waals surface area contributed by atoms with Crippen LogP contribution in [0.25, 0.3) is 0 Å². The Kier molecular flexibility index (Phi) is 5.04. The third-order valence-corrected chi connectivity index (χ3v) is 4.37. The van der Waals surface area contributed by atoms with Crippen LogP contribution in [0.4, 0.5) is 0 Å². The smallest absolute Gasteiger partial charge is 0.0798 e. The Morgan fingerprint density at radius 3 is 2.82 bits per heavy atom. The van der Waals surface area contributed by atoms with Gasteiger partial charge in [-0.2, -0.15) is 0 Å². The van der Waals surface area contributed by atoms with Crippen LogP contribution in [0.5, 0.6) is 0 Å². The van der Waals surface area contributed by atoms with Gasteiger partial charge in [-0.3, -0.25) is 0 Å². The fourth-order valence-electron chi connectivity index (χ4n) is 1.46.